The molecule has 0 saturated carbocycles. The molecule has 1 aromatic heterocycles. The zero-order valence-electron chi connectivity index (χ0n) is 22.5. The van der Waals surface area contributed by atoms with Gasteiger partial charge in [-0.25, -0.2) is 4.79 Å². The van der Waals surface area contributed by atoms with Crippen LogP contribution in [0.25, 0.3) is 11.0 Å². The van der Waals surface area contributed by atoms with Crippen molar-refractivity contribution in [2.75, 3.05) is 26.9 Å². The molecule has 3 aromatic rings. The fourth-order valence-corrected chi connectivity index (χ4v) is 5.14. The fourth-order valence-electron chi connectivity index (χ4n) is 5.14. The van der Waals surface area contributed by atoms with Gasteiger partial charge in [0.25, 0.3) is 0 Å². The summed E-state index contributed by atoms with van der Waals surface area (Å²) >= 11 is 0. The zero-order valence-corrected chi connectivity index (χ0v) is 22.5. The first-order valence-corrected chi connectivity index (χ1v) is 12.7. The van der Waals surface area contributed by atoms with Crippen LogP contribution < -0.4 is 4.74 Å². The number of carbonyl (C=O) groups excluding carboxylic acids is 1. The van der Waals surface area contributed by atoms with Crippen molar-refractivity contribution in [3.8, 4) is 5.75 Å². The predicted molar refractivity (Wildman–Crippen MR) is 140 cm³/mol. The van der Waals surface area contributed by atoms with Crippen LogP contribution in [-0.4, -0.2) is 38.7 Å². The number of carbonyl (C=O) groups is 1. The van der Waals surface area contributed by atoms with Crippen LogP contribution >= 0.6 is 0 Å². The van der Waals surface area contributed by atoms with Gasteiger partial charge in [-0.15, -0.1) is 0 Å². The lowest BCUT2D eigenvalue weighted by Gasteiger charge is -2.39. The van der Waals surface area contributed by atoms with Gasteiger partial charge in [-0.05, 0) is 61.2 Å². The van der Waals surface area contributed by atoms with Crippen molar-refractivity contribution in [1.82, 2.24) is 0 Å². The van der Waals surface area contributed by atoms with Gasteiger partial charge in [0.1, 0.15) is 23.7 Å². The van der Waals surface area contributed by atoms with Gasteiger partial charge in [-0.2, -0.15) is 0 Å². The second-order valence-electron chi connectivity index (χ2n) is 10.6. The van der Waals surface area contributed by atoms with E-state index in [0.29, 0.717) is 25.4 Å². The molecule has 0 radical (unpaired) electrons. The molecule has 6 heteroatoms. The van der Waals surface area contributed by atoms with E-state index in [0.717, 1.165) is 40.9 Å². The molecule has 0 aliphatic carbocycles. The predicted octanol–water partition coefficient (Wildman–Crippen LogP) is 6.80. The number of furan rings is 1. The van der Waals surface area contributed by atoms with Gasteiger partial charge in [-0.1, -0.05) is 46.8 Å². The van der Waals surface area contributed by atoms with Crippen LogP contribution in [0.4, 0.5) is 0 Å². The second kappa shape index (κ2) is 9.91. The summed E-state index contributed by atoms with van der Waals surface area (Å²) in [5.41, 5.74) is 2.96. The number of benzene rings is 2. The molecule has 2 heterocycles. The van der Waals surface area contributed by atoms with E-state index < -0.39 is 5.79 Å². The summed E-state index contributed by atoms with van der Waals surface area (Å²) in [5, 5.41) is 0.889. The Morgan fingerprint density at radius 1 is 1.00 bits per heavy atom. The molecule has 2 aromatic carbocycles. The standard InChI is InChI=1S/C30H38O6/c1-8-29(9-2,26-18-22-17-21(27(31)32-7)10-12-25(22)36-26)23-11-13-24(20(3)16-23)33-19-30(28(4,5)6)34-14-15-35-30/h10-13,16-18H,8-9,14-15,19H2,1-7H3. The minimum Gasteiger partial charge on any atom is -0.488 e. The number of ether oxygens (including phenoxy) is 4. The van der Waals surface area contributed by atoms with Crippen LogP contribution in [0, 0.1) is 12.3 Å². The molecule has 194 valence electrons. The van der Waals surface area contributed by atoms with E-state index in [-0.39, 0.29) is 16.8 Å². The van der Waals surface area contributed by atoms with Crippen molar-refractivity contribution >= 4 is 16.9 Å². The van der Waals surface area contributed by atoms with Crippen LogP contribution in [-0.2, 0) is 19.6 Å². The maximum atomic E-state index is 12.0. The van der Waals surface area contributed by atoms with Crippen LogP contribution in [0.2, 0.25) is 0 Å². The Balaban J connectivity index is 1.65. The van der Waals surface area contributed by atoms with Crippen molar-refractivity contribution in [3.05, 3.63) is 64.9 Å². The number of hydrogen-bond donors (Lipinski definition) is 0. The van der Waals surface area contributed by atoms with E-state index in [9.17, 15) is 4.79 Å². The first kappa shape index (κ1) is 26.2. The molecule has 6 nitrogen and oxygen atoms in total. The van der Waals surface area contributed by atoms with Gasteiger partial charge in [0.15, 0.2) is 0 Å². The summed E-state index contributed by atoms with van der Waals surface area (Å²) in [6, 6.07) is 13.8. The molecule has 1 saturated heterocycles. The SMILES string of the molecule is CCC(CC)(c1ccc(OCC2(C(C)(C)C)OCCO2)c(C)c1)c1cc2cc(C(=O)OC)ccc2o1. The maximum Gasteiger partial charge on any atom is 0.337 e. The Labute approximate surface area is 213 Å². The highest BCUT2D eigenvalue weighted by molar-refractivity contribution is 5.94. The van der Waals surface area contributed by atoms with Gasteiger partial charge in [0, 0.05) is 10.8 Å². The molecule has 0 bridgehead atoms. The van der Waals surface area contributed by atoms with Gasteiger partial charge >= 0.3 is 5.97 Å². The van der Waals surface area contributed by atoms with E-state index in [4.69, 9.17) is 23.4 Å². The number of fused-ring (bicyclic) bond motifs is 1. The van der Waals surface area contributed by atoms with Gasteiger partial charge < -0.3 is 23.4 Å². The zero-order chi connectivity index (χ0) is 26.1. The molecule has 4 rings (SSSR count). The Bertz CT molecular complexity index is 1220. The Hall–Kier alpha value is -2.83. The smallest absolute Gasteiger partial charge is 0.337 e. The number of methoxy groups -OCH3 is 1. The number of hydrogen-bond acceptors (Lipinski definition) is 6. The van der Waals surface area contributed by atoms with Crippen LogP contribution in [0.5, 0.6) is 5.75 Å². The molecular weight excluding hydrogens is 456 g/mol. The van der Waals surface area contributed by atoms with E-state index in [1.807, 2.05) is 18.2 Å². The number of esters is 1. The van der Waals surface area contributed by atoms with Crippen LogP contribution in [0.1, 0.15) is 74.7 Å². The number of aryl methyl sites for hydroxylation is 1. The van der Waals surface area contributed by atoms with Crippen LogP contribution in [0.15, 0.2) is 46.9 Å². The molecule has 0 spiro atoms. The average Bonchev–Trinajstić information content (AvgIpc) is 3.52. The lowest BCUT2D eigenvalue weighted by Crippen LogP contribution is -2.49. The van der Waals surface area contributed by atoms with Gasteiger partial charge in [0.2, 0.25) is 5.79 Å². The third-order valence-electron chi connectivity index (χ3n) is 7.66. The van der Waals surface area contributed by atoms with Gasteiger partial charge in [0.05, 0.1) is 31.3 Å². The highest BCUT2D eigenvalue weighted by Gasteiger charge is 2.48. The summed E-state index contributed by atoms with van der Waals surface area (Å²) in [6.07, 6.45) is 1.73. The molecule has 0 atom stereocenters. The summed E-state index contributed by atoms with van der Waals surface area (Å²) < 4.78 is 29.5. The first-order valence-electron chi connectivity index (χ1n) is 12.7. The summed E-state index contributed by atoms with van der Waals surface area (Å²) in [5.74, 6) is 0.586. The summed E-state index contributed by atoms with van der Waals surface area (Å²) in [4.78, 5) is 12.0. The highest BCUT2D eigenvalue weighted by atomic mass is 16.8. The highest BCUT2D eigenvalue weighted by Crippen LogP contribution is 2.43. The monoisotopic (exact) mass is 494 g/mol. The average molecular weight is 495 g/mol. The van der Waals surface area contributed by atoms with Crippen molar-refractivity contribution in [1.29, 1.82) is 0 Å². The summed E-state index contributed by atoms with van der Waals surface area (Å²) in [6.45, 7) is 14.2. The lowest BCUT2D eigenvalue weighted by atomic mass is 9.73. The maximum absolute atomic E-state index is 12.0. The van der Waals surface area contributed by atoms with Crippen molar-refractivity contribution < 1.29 is 28.2 Å². The minimum absolute atomic E-state index is 0.216. The molecule has 0 unspecified atom stereocenters. The van der Waals surface area contributed by atoms with Crippen molar-refractivity contribution in [3.63, 3.8) is 0 Å². The third-order valence-corrected chi connectivity index (χ3v) is 7.66. The lowest BCUT2D eigenvalue weighted by molar-refractivity contribution is -0.237. The molecule has 1 aliphatic heterocycles. The number of rotatable bonds is 8. The van der Waals surface area contributed by atoms with Gasteiger partial charge in [-0.3, -0.25) is 0 Å². The topological polar surface area (TPSA) is 67.1 Å². The quantitative estimate of drug-likeness (QED) is 0.321. The molecule has 0 N–H and O–H groups in total. The van der Waals surface area contributed by atoms with Crippen molar-refractivity contribution in [2.24, 2.45) is 5.41 Å². The minimum atomic E-state index is -0.758. The van der Waals surface area contributed by atoms with E-state index >= 15 is 0 Å². The van der Waals surface area contributed by atoms with Crippen molar-refractivity contribution in [2.45, 2.75) is 65.6 Å². The molecule has 1 fully saturated rings. The molecular formula is C30H38O6. The third kappa shape index (κ3) is 4.53. The van der Waals surface area contributed by atoms with E-state index in [2.05, 4.69) is 59.7 Å². The molecule has 36 heavy (non-hydrogen) atoms. The Kier molecular flexibility index (Phi) is 7.22. The van der Waals surface area contributed by atoms with E-state index in [1.54, 1.807) is 6.07 Å². The Morgan fingerprint density at radius 2 is 1.69 bits per heavy atom. The largest absolute Gasteiger partial charge is 0.488 e. The molecule has 1 aliphatic rings. The fraction of sp³-hybridized carbons (Fsp3) is 0.500. The van der Waals surface area contributed by atoms with Crippen LogP contribution in [0.3, 0.4) is 0 Å². The van der Waals surface area contributed by atoms with E-state index in [1.165, 1.54) is 12.7 Å². The molecule has 0 amide bonds. The second-order valence-corrected chi connectivity index (χ2v) is 10.6. The first-order chi connectivity index (χ1) is 17.1. The normalized spacial score (nSPS) is 15.9. The summed E-state index contributed by atoms with van der Waals surface area (Å²) in [7, 11) is 1.39. The Morgan fingerprint density at radius 3 is 2.28 bits per heavy atom.